The first-order valence-corrected chi connectivity index (χ1v) is 5.17. The lowest BCUT2D eigenvalue weighted by atomic mass is 10.2. The third-order valence-corrected chi connectivity index (χ3v) is 2.43. The summed E-state index contributed by atoms with van der Waals surface area (Å²) in [7, 11) is 0. The summed E-state index contributed by atoms with van der Waals surface area (Å²) in [6.45, 7) is 1.83. The fourth-order valence-electron chi connectivity index (χ4n) is 1.23. The second kappa shape index (κ2) is 3.90. The van der Waals surface area contributed by atoms with Crippen LogP contribution >= 0.6 is 15.9 Å². The van der Waals surface area contributed by atoms with Crippen LogP contribution in [0.25, 0.3) is 5.82 Å². The van der Waals surface area contributed by atoms with E-state index in [9.17, 15) is 0 Å². The van der Waals surface area contributed by atoms with Gasteiger partial charge in [-0.05, 0) is 35.0 Å². The molecule has 0 spiro atoms. The van der Waals surface area contributed by atoms with Gasteiger partial charge in [0.15, 0.2) is 5.82 Å². The lowest BCUT2D eigenvalue weighted by Crippen LogP contribution is -2.04. The Bertz CT molecular complexity index is 582. The van der Waals surface area contributed by atoms with Gasteiger partial charge >= 0.3 is 0 Å². The molecular formula is C9H7BrN6. The number of halogens is 1. The van der Waals surface area contributed by atoms with Crippen LogP contribution in [0, 0.1) is 18.3 Å². The summed E-state index contributed by atoms with van der Waals surface area (Å²) in [5, 5.41) is 12.9. The summed E-state index contributed by atoms with van der Waals surface area (Å²) in [5.74, 6) is 0.539. The number of aromatic nitrogens is 4. The quantitative estimate of drug-likeness (QED) is 0.846. The molecule has 0 atom stereocenters. The molecule has 0 unspecified atom stereocenters. The molecular weight excluding hydrogens is 272 g/mol. The average molecular weight is 279 g/mol. The molecule has 2 heterocycles. The van der Waals surface area contributed by atoms with E-state index < -0.39 is 0 Å². The number of nitrogen functional groups attached to an aromatic ring is 1. The number of nitrogens with two attached hydrogens (primary N) is 1. The Kier molecular flexibility index (Phi) is 2.58. The Hall–Kier alpha value is -1.94. The Balaban J connectivity index is 2.68. The average Bonchev–Trinajstić information content (AvgIpc) is 2.57. The summed E-state index contributed by atoms with van der Waals surface area (Å²) >= 11 is 3.20. The summed E-state index contributed by atoms with van der Waals surface area (Å²) < 4.78 is 1.81. The molecule has 0 aromatic carbocycles. The molecule has 0 radical (unpaired) electrons. The van der Waals surface area contributed by atoms with E-state index in [2.05, 4.69) is 31.0 Å². The van der Waals surface area contributed by atoms with Crippen molar-refractivity contribution in [3.8, 4) is 11.9 Å². The zero-order chi connectivity index (χ0) is 11.7. The van der Waals surface area contributed by atoms with Gasteiger partial charge < -0.3 is 5.73 Å². The Morgan fingerprint density at radius 2 is 2.19 bits per heavy atom. The van der Waals surface area contributed by atoms with Crippen LogP contribution in [0.2, 0.25) is 0 Å². The molecule has 7 heteroatoms. The Morgan fingerprint density at radius 3 is 2.75 bits per heavy atom. The van der Waals surface area contributed by atoms with E-state index >= 15 is 0 Å². The van der Waals surface area contributed by atoms with E-state index in [-0.39, 0.29) is 5.95 Å². The minimum atomic E-state index is 0.124. The molecule has 2 rings (SSSR count). The minimum Gasteiger partial charge on any atom is -0.366 e. The van der Waals surface area contributed by atoms with Crippen molar-refractivity contribution in [3.63, 3.8) is 0 Å². The van der Waals surface area contributed by atoms with Crippen molar-refractivity contribution in [2.75, 3.05) is 5.73 Å². The van der Waals surface area contributed by atoms with Crippen LogP contribution in [-0.4, -0.2) is 19.7 Å². The predicted molar refractivity (Wildman–Crippen MR) is 60.7 cm³/mol. The molecule has 0 amide bonds. The SMILES string of the molecule is Cc1ccc(C#N)c(-n2nc(N)nc2Br)n1. The number of rotatable bonds is 1. The monoisotopic (exact) mass is 278 g/mol. The van der Waals surface area contributed by atoms with Gasteiger partial charge in [-0.1, -0.05) is 0 Å². The van der Waals surface area contributed by atoms with Gasteiger partial charge in [-0.25, -0.2) is 4.98 Å². The first kappa shape index (κ1) is 10.6. The van der Waals surface area contributed by atoms with E-state index in [1.54, 1.807) is 12.1 Å². The highest BCUT2D eigenvalue weighted by Gasteiger charge is 2.12. The van der Waals surface area contributed by atoms with Crippen molar-refractivity contribution < 1.29 is 0 Å². The first-order valence-electron chi connectivity index (χ1n) is 4.38. The maximum absolute atomic E-state index is 8.97. The van der Waals surface area contributed by atoms with Gasteiger partial charge in [-0.3, -0.25) is 0 Å². The number of nitriles is 1. The molecule has 0 saturated heterocycles. The third-order valence-electron chi connectivity index (χ3n) is 1.92. The molecule has 6 nitrogen and oxygen atoms in total. The van der Waals surface area contributed by atoms with Crippen molar-refractivity contribution in [1.29, 1.82) is 5.26 Å². The molecule has 0 aliphatic heterocycles. The van der Waals surface area contributed by atoms with Gasteiger partial charge in [-0.2, -0.15) is 14.9 Å². The largest absolute Gasteiger partial charge is 0.366 e. The van der Waals surface area contributed by atoms with Gasteiger partial charge in [0.1, 0.15) is 6.07 Å². The summed E-state index contributed by atoms with van der Waals surface area (Å²) in [4.78, 5) is 8.13. The molecule has 0 aliphatic carbocycles. The van der Waals surface area contributed by atoms with Crippen LogP contribution in [0.15, 0.2) is 16.9 Å². The zero-order valence-electron chi connectivity index (χ0n) is 8.35. The summed E-state index contributed by atoms with van der Waals surface area (Å²) in [5.41, 5.74) is 6.66. The summed E-state index contributed by atoms with van der Waals surface area (Å²) in [6, 6.07) is 5.49. The van der Waals surface area contributed by atoms with Crippen LogP contribution in [-0.2, 0) is 0 Å². The van der Waals surface area contributed by atoms with Gasteiger partial charge in [0.25, 0.3) is 0 Å². The number of aryl methyl sites for hydroxylation is 1. The standard InChI is InChI=1S/C9H7BrN6/c1-5-2-3-6(4-11)7(13-5)16-8(10)14-9(12)15-16/h2-3H,1H3,(H2,12,15). The molecule has 0 fully saturated rings. The first-order chi connectivity index (χ1) is 7.61. The van der Waals surface area contributed by atoms with Crippen molar-refractivity contribution in [2.45, 2.75) is 6.92 Å². The molecule has 2 aromatic heterocycles. The highest BCUT2D eigenvalue weighted by atomic mass is 79.9. The van der Waals surface area contributed by atoms with Crippen molar-refractivity contribution in [1.82, 2.24) is 19.7 Å². The zero-order valence-corrected chi connectivity index (χ0v) is 9.93. The Labute approximate surface area is 99.9 Å². The van der Waals surface area contributed by atoms with Crippen LogP contribution in [0.3, 0.4) is 0 Å². The van der Waals surface area contributed by atoms with E-state index in [0.29, 0.717) is 16.1 Å². The maximum atomic E-state index is 8.97. The fourth-order valence-corrected chi connectivity index (χ4v) is 1.66. The summed E-state index contributed by atoms with van der Waals surface area (Å²) in [6.07, 6.45) is 0. The normalized spacial score (nSPS) is 10.1. The number of hydrogen-bond donors (Lipinski definition) is 1. The highest BCUT2D eigenvalue weighted by molar-refractivity contribution is 9.10. The second-order valence-corrected chi connectivity index (χ2v) is 3.80. The van der Waals surface area contributed by atoms with Gasteiger partial charge in [0.2, 0.25) is 10.7 Å². The number of nitrogens with zero attached hydrogens (tertiary/aromatic N) is 5. The molecule has 2 N–H and O–H groups in total. The van der Waals surface area contributed by atoms with Crippen LogP contribution < -0.4 is 5.73 Å². The molecule has 0 aliphatic rings. The number of pyridine rings is 1. The van der Waals surface area contributed by atoms with Crippen LogP contribution in [0.4, 0.5) is 5.95 Å². The van der Waals surface area contributed by atoms with Crippen molar-refractivity contribution >= 4 is 21.9 Å². The van der Waals surface area contributed by atoms with E-state index in [1.165, 1.54) is 4.68 Å². The second-order valence-electron chi connectivity index (χ2n) is 3.09. The third kappa shape index (κ3) is 1.75. The van der Waals surface area contributed by atoms with Gasteiger partial charge in [-0.15, -0.1) is 5.10 Å². The van der Waals surface area contributed by atoms with E-state index in [1.807, 2.05) is 13.0 Å². The van der Waals surface area contributed by atoms with Gasteiger partial charge in [0, 0.05) is 5.69 Å². The van der Waals surface area contributed by atoms with Crippen molar-refractivity contribution in [3.05, 3.63) is 28.1 Å². The van der Waals surface area contributed by atoms with Gasteiger partial charge in [0.05, 0.1) is 5.56 Å². The molecule has 80 valence electrons. The lowest BCUT2D eigenvalue weighted by molar-refractivity contribution is 0.819. The molecule has 0 bridgehead atoms. The number of hydrogen-bond acceptors (Lipinski definition) is 5. The lowest BCUT2D eigenvalue weighted by Gasteiger charge is -2.03. The maximum Gasteiger partial charge on any atom is 0.240 e. The topological polar surface area (TPSA) is 93.4 Å². The Morgan fingerprint density at radius 1 is 1.44 bits per heavy atom. The minimum absolute atomic E-state index is 0.124. The number of anilines is 1. The van der Waals surface area contributed by atoms with Crippen molar-refractivity contribution in [2.24, 2.45) is 0 Å². The smallest absolute Gasteiger partial charge is 0.240 e. The van der Waals surface area contributed by atoms with Crippen LogP contribution in [0.5, 0.6) is 0 Å². The fraction of sp³-hybridized carbons (Fsp3) is 0.111. The van der Waals surface area contributed by atoms with E-state index in [4.69, 9.17) is 11.0 Å². The van der Waals surface area contributed by atoms with Crippen LogP contribution in [0.1, 0.15) is 11.3 Å². The highest BCUT2D eigenvalue weighted by Crippen LogP contribution is 2.17. The predicted octanol–water partition coefficient (Wildman–Crippen LogP) is 1.19. The van der Waals surface area contributed by atoms with E-state index in [0.717, 1.165) is 5.69 Å². The molecule has 2 aromatic rings. The molecule has 0 saturated carbocycles. The molecule has 16 heavy (non-hydrogen) atoms.